The molecular formula is C16H17F2INO6S-. The van der Waals surface area contributed by atoms with Gasteiger partial charge in [-0.15, -0.1) is 0 Å². The first-order valence-electron chi connectivity index (χ1n) is 8.07. The molecule has 1 amide bonds. The first-order valence-corrected chi connectivity index (χ1v) is 10.6. The van der Waals surface area contributed by atoms with E-state index in [9.17, 15) is 31.3 Å². The van der Waals surface area contributed by atoms with E-state index in [-0.39, 0.29) is 6.42 Å². The molecule has 0 heterocycles. The maximum absolute atomic E-state index is 13.2. The lowest BCUT2D eigenvalue weighted by atomic mass is 9.78. The molecule has 7 nitrogen and oxygen atoms in total. The van der Waals surface area contributed by atoms with E-state index in [1.165, 1.54) is 0 Å². The number of hydrogen-bond donors (Lipinski definition) is 1. The summed E-state index contributed by atoms with van der Waals surface area (Å²) in [6.07, 6.45) is 1.90. The molecule has 0 aromatic heterocycles. The Morgan fingerprint density at radius 1 is 1.19 bits per heavy atom. The summed E-state index contributed by atoms with van der Waals surface area (Å²) >= 11 is 2.11. The number of amides is 1. The smallest absolute Gasteiger partial charge is 0.367 e. The molecule has 1 aromatic carbocycles. The molecule has 1 N–H and O–H groups in total. The van der Waals surface area contributed by atoms with Crippen LogP contribution in [0, 0.1) is 15.4 Å². The lowest BCUT2D eigenvalue weighted by Gasteiger charge is -2.29. The van der Waals surface area contributed by atoms with Gasteiger partial charge in [-0.25, -0.2) is 8.42 Å². The largest absolute Gasteiger partial charge is 0.743 e. The molecule has 1 aliphatic rings. The van der Waals surface area contributed by atoms with Crippen molar-refractivity contribution in [3.8, 4) is 0 Å². The molecule has 27 heavy (non-hydrogen) atoms. The van der Waals surface area contributed by atoms with Gasteiger partial charge in [0.15, 0.2) is 16.7 Å². The van der Waals surface area contributed by atoms with Crippen molar-refractivity contribution in [3.63, 3.8) is 0 Å². The van der Waals surface area contributed by atoms with Gasteiger partial charge in [-0.1, -0.05) is 12.8 Å². The van der Waals surface area contributed by atoms with Crippen LogP contribution in [0.4, 0.5) is 14.5 Å². The van der Waals surface area contributed by atoms with E-state index >= 15 is 0 Å². The predicted molar refractivity (Wildman–Crippen MR) is 98.8 cm³/mol. The van der Waals surface area contributed by atoms with Crippen LogP contribution in [0.3, 0.4) is 0 Å². The van der Waals surface area contributed by atoms with Crippen LogP contribution in [0.15, 0.2) is 24.3 Å². The second kappa shape index (κ2) is 8.78. The molecule has 150 valence electrons. The molecule has 11 heteroatoms. The minimum Gasteiger partial charge on any atom is -0.743 e. The van der Waals surface area contributed by atoms with E-state index in [4.69, 9.17) is 0 Å². The molecule has 0 bridgehead atoms. The number of carbonyl (C=O) groups excluding carboxylic acids is 2. The summed E-state index contributed by atoms with van der Waals surface area (Å²) in [6.45, 7) is -1.86. The highest BCUT2D eigenvalue weighted by Crippen LogP contribution is 2.33. The summed E-state index contributed by atoms with van der Waals surface area (Å²) in [4.78, 5) is 24.7. The molecule has 0 aliphatic heterocycles. The average Bonchev–Trinajstić information content (AvgIpc) is 2.60. The van der Waals surface area contributed by atoms with Gasteiger partial charge in [-0.05, 0) is 59.7 Å². The molecule has 1 aliphatic carbocycles. The Kier molecular flexibility index (Phi) is 7.14. The van der Waals surface area contributed by atoms with Gasteiger partial charge >= 0.3 is 11.2 Å². The molecule has 2 atom stereocenters. The SMILES string of the molecule is O=C(Nc1ccc(I)cc1)C1CCCCC1C(=O)OCC(F)(F)S(=O)(=O)[O-]. The van der Waals surface area contributed by atoms with E-state index in [1.807, 2.05) is 0 Å². The van der Waals surface area contributed by atoms with Gasteiger partial charge in [-0.2, -0.15) is 8.78 Å². The maximum Gasteiger partial charge on any atom is 0.367 e. The third kappa shape index (κ3) is 5.82. The Bertz CT molecular complexity index is 800. The zero-order valence-electron chi connectivity index (χ0n) is 14.0. The molecule has 0 saturated heterocycles. The standard InChI is InChI=1S/C16H18F2INO6S/c17-16(18,27(23,24)25)9-26-15(22)13-4-2-1-3-12(13)14(21)20-11-7-5-10(19)6-8-11/h5-8,12-13H,1-4,9H2,(H,20,21)(H,23,24,25)/p-1. The Labute approximate surface area is 168 Å². The van der Waals surface area contributed by atoms with Crippen LogP contribution >= 0.6 is 22.6 Å². The van der Waals surface area contributed by atoms with Gasteiger partial charge in [-0.3, -0.25) is 9.59 Å². The van der Waals surface area contributed by atoms with Crippen LogP contribution in [0.25, 0.3) is 0 Å². The van der Waals surface area contributed by atoms with Crippen LogP contribution in [-0.2, 0) is 24.4 Å². The number of benzene rings is 1. The van der Waals surface area contributed by atoms with Crippen LogP contribution in [0.2, 0.25) is 0 Å². The second-order valence-corrected chi connectivity index (χ2v) is 8.94. The van der Waals surface area contributed by atoms with Gasteiger partial charge in [0.1, 0.15) is 0 Å². The number of carbonyl (C=O) groups is 2. The number of alkyl halides is 2. The van der Waals surface area contributed by atoms with Crippen LogP contribution in [0.5, 0.6) is 0 Å². The molecule has 0 radical (unpaired) electrons. The highest BCUT2D eigenvalue weighted by Gasteiger charge is 2.42. The lowest BCUT2D eigenvalue weighted by molar-refractivity contribution is -0.159. The minimum absolute atomic E-state index is 0.249. The van der Waals surface area contributed by atoms with Gasteiger partial charge in [0, 0.05) is 9.26 Å². The van der Waals surface area contributed by atoms with Crippen molar-refractivity contribution in [1.82, 2.24) is 0 Å². The molecule has 2 unspecified atom stereocenters. The fourth-order valence-corrected chi connectivity index (χ4v) is 3.39. The Hall–Kier alpha value is -1.34. The number of halogens is 3. The zero-order chi connectivity index (χ0) is 20.2. The summed E-state index contributed by atoms with van der Waals surface area (Å²) in [6, 6.07) is 6.95. The topological polar surface area (TPSA) is 113 Å². The normalized spacial score (nSPS) is 20.7. The maximum atomic E-state index is 13.2. The summed E-state index contributed by atoms with van der Waals surface area (Å²) in [5.74, 6) is -3.32. The van der Waals surface area contributed by atoms with Gasteiger partial charge < -0.3 is 14.6 Å². The van der Waals surface area contributed by atoms with E-state index in [0.717, 1.165) is 3.57 Å². The Balaban J connectivity index is 2.04. The highest BCUT2D eigenvalue weighted by atomic mass is 127. The van der Waals surface area contributed by atoms with Crippen molar-refractivity contribution in [2.24, 2.45) is 11.8 Å². The molecule has 2 rings (SSSR count). The van der Waals surface area contributed by atoms with Gasteiger partial charge in [0.05, 0.1) is 11.8 Å². The van der Waals surface area contributed by atoms with Crippen molar-refractivity contribution in [1.29, 1.82) is 0 Å². The monoisotopic (exact) mass is 516 g/mol. The number of esters is 1. The summed E-state index contributed by atoms with van der Waals surface area (Å²) in [5.41, 5.74) is 0.530. The number of nitrogens with one attached hydrogen (secondary N) is 1. The molecule has 0 spiro atoms. The Morgan fingerprint density at radius 3 is 2.30 bits per heavy atom. The summed E-state index contributed by atoms with van der Waals surface area (Å²) in [7, 11) is -5.94. The second-order valence-electron chi connectivity index (χ2n) is 6.19. The fraction of sp³-hybridized carbons (Fsp3) is 0.500. The molecule has 1 aromatic rings. The van der Waals surface area contributed by atoms with Crippen LogP contribution in [-0.4, -0.2) is 36.7 Å². The third-order valence-corrected chi connectivity index (χ3v) is 5.83. The average molecular weight is 516 g/mol. The quantitative estimate of drug-likeness (QED) is 0.354. The highest BCUT2D eigenvalue weighted by molar-refractivity contribution is 14.1. The number of anilines is 1. The van der Waals surface area contributed by atoms with Crippen molar-refractivity contribution >= 4 is 50.3 Å². The number of ether oxygens (including phenoxy) is 1. The molecular weight excluding hydrogens is 499 g/mol. The predicted octanol–water partition coefficient (Wildman–Crippen LogP) is 2.72. The van der Waals surface area contributed by atoms with Crippen molar-refractivity contribution in [2.45, 2.75) is 30.9 Å². The van der Waals surface area contributed by atoms with Crippen LogP contribution < -0.4 is 5.32 Å². The Morgan fingerprint density at radius 2 is 1.74 bits per heavy atom. The lowest BCUT2D eigenvalue weighted by Crippen LogP contribution is -2.40. The van der Waals surface area contributed by atoms with E-state index in [0.29, 0.717) is 24.9 Å². The van der Waals surface area contributed by atoms with E-state index in [1.54, 1.807) is 24.3 Å². The molecule has 1 saturated carbocycles. The van der Waals surface area contributed by atoms with E-state index < -0.39 is 45.7 Å². The van der Waals surface area contributed by atoms with Gasteiger partial charge in [0.2, 0.25) is 5.91 Å². The first-order chi connectivity index (χ1) is 12.5. The van der Waals surface area contributed by atoms with Gasteiger partial charge in [0.25, 0.3) is 0 Å². The fourth-order valence-electron chi connectivity index (χ4n) is 2.83. The zero-order valence-corrected chi connectivity index (χ0v) is 17.0. The summed E-state index contributed by atoms with van der Waals surface area (Å²) < 4.78 is 63.1. The first kappa shape index (κ1) is 22.0. The summed E-state index contributed by atoms with van der Waals surface area (Å²) in [5, 5.41) is -2.04. The van der Waals surface area contributed by atoms with Crippen molar-refractivity contribution in [2.75, 3.05) is 11.9 Å². The van der Waals surface area contributed by atoms with E-state index in [2.05, 4.69) is 32.6 Å². The number of hydrogen-bond acceptors (Lipinski definition) is 6. The third-order valence-electron chi connectivity index (χ3n) is 4.27. The number of rotatable bonds is 6. The van der Waals surface area contributed by atoms with Crippen LogP contribution in [0.1, 0.15) is 25.7 Å². The van der Waals surface area contributed by atoms with Crippen molar-refractivity contribution < 1.29 is 36.1 Å². The van der Waals surface area contributed by atoms with Crippen molar-refractivity contribution in [3.05, 3.63) is 27.8 Å². The minimum atomic E-state index is -5.94. The molecule has 1 fully saturated rings.